The minimum absolute atomic E-state index is 0.333. The van der Waals surface area contributed by atoms with Crippen LogP contribution in [0.4, 0.5) is 4.79 Å². The Morgan fingerprint density at radius 2 is 1.77 bits per heavy atom. The van der Waals surface area contributed by atoms with E-state index in [0.29, 0.717) is 6.54 Å². The third-order valence-corrected chi connectivity index (χ3v) is 5.05. The summed E-state index contributed by atoms with van der Waals surface area (Å²) in [5, 5.41) is 4.51. The molecule has 1 aliphatic rings. The zero-order chi connectivity index (χ0) is 22.8. The van der Waals surface area contributed by atoms with Crippen molar-refractivity contribution in [2.45, 2.75) is 25.9 Å². The Morgan fingerprint density at radius 3 is 2.42 bits per heavy atom. The second-order valence-corrected chi connectivity index (χ2v) is 7.90. The first kappa shape index (κ1) is 22.1. The maximum atomic E-state index is 12.3. The maximum Gasteiger partial charge on any atom is 0.326 e. The molecule has 3 rings (SSSR count). The molecule has 2 aromatic rings. The molecule has 1 heterocycles. The van der Waals surface area contributed by atoms with Crippen LogP contribution in [0.2, 0.25) is 0 Å². The van der Waals surface area contributed by atoms with Crippen LogP contribution < -0.4 is 10.1 Å². The predicted octanol–water partition coefficient (Wildman–Crippen LogP) is 1.68. The maximum absolute atomic E-state index is 12.3. The lowest BCUT2D eigenvalue weighted by molar-refractivity contribution is -0.153. The van der Waals surface area contributed by atoms with Crippen molar-refractivity contribution in [1.82, 2.24) is 15.1 Å². The molecule has 1 fully saturated rings. The van der Waals surface area contributed by atoms with Crippen molar-refractivity contribution in [3.05, 3.63) is 42.0 Å². The number of nitrogens with zero attached hydrogens (tertiary/aromatic N) is 2. The normalized spacial score (nSPS) is 15.0. The van der Waals surface area contributed by atoms with E-state index in [4.69, 9.17) is 9.47 Å². The van der Waals surface area contributed by atoms with Crippen molar-refractivity contribution in [2.75, 3.05) is 27.3 Å². The minimum Gasteiger partial charge on any atom is -0.497 e. The van der Waals surface area contributed by atoms with Crippen LogP contribution >= 0.6 is 0 Å². The van der Waals surface area contributed by atoms with Crippen molar-refractivity contribution in [1.29, 1.82) is 0 Å². The number of benzene rings is 2. The van der Waals surface area contributed by atoms with Crippen LogP contribution in [-0.4, -0.2) is 66.5 Å². The molecule has 4 amide bonds. The number of fused-ring (bicyclic) bond motifs is 1. The van der Waals surface area contributed by atoms with Crippen LogP contribution in [0.3, 0.4) is 0 Å². The van der Waals surface area contributed by atoms with Gasteiger partial charge in [0.25, 0.3) is 11.8 Å². The lowest BCUT2D eigenvalue weighted by atomic mass is 10.1. The van der Waals surface area contributed by atoms with Gasteiger partial charge in [0.2, 0.25) is 0 Å². The second kappa shape index (κ2) is 8.63. The van der Waals surface area contributed by atoms with Crippen LogP contribution in [0.1, 0.15) is 19.4 Å². The van der Waals surface area contributed by atoms with Crippen LogP contribution in [0.15, 0.2) is 36.4 Å². The number of methoxy groups -OCH3 is 1. The summed E-state index contributed by atoms with van der Waals surface area (Å²) < 4.78 is 10.2. The Balaban J connectivity index is 1.52. The molecular formula is C22H25N3O6. The van der Waals surface area contributed by atoms with E-state index in [1.807, 2.05) is 36.4 Å². The SMILES string of the molecule is COc1ccc2cc(CN(C)C(=O)COC(=O)CN3C(=O)NC(C)(C)C3=O)ccc2c1. The highest BCUT2D eigenvalue weighted by atomic mass is 16.5. The van der Waals surface area contributed by atoms with Crippen LogP contribution in [-0.2, 0) is 25.7 Å². The number of hydrogen-bond donors (Lipinski definition) is 1. The van der Waals surface area contributed by atoms with Gasteiger partial charge in [-0.1, -0.05) is 18.2 Å². The summed E-state index contributed by atoms with van der Waals surface area (Å²) in [4.78, 5) is 50.5. The van der Waals surface area contributed by atoms with Crippen LogP contribution in [0, 0.1) is 0 Å². The fourth-order valence-electron chi connectivity index (χ4n) is 3.25. The van der Waals surface area contributed by atoms with Crippen molar-refractivity contribution < 1.29 is 28.7 Å². The molecule has 1 saturated heterocycles. The first-order valence-electron chi connectivity index (χ1n) is 9.71. The lowest BCUT2D eigenvalue weighted by Gasteiger charge is -2.18. The van der Waals surface area contributed by atoms with Gasteiger partial charge in [0, 0.05) is 13.6 Å². The van der Waals surface area contributed by atoms with E-state index in [2.05, 4.69) is 5.32 Å². The average molecular weight is 427 g/mol. The highest BCUT2D eigenvalue weighted by Gasteiger charge is 2.45. The first-order chi connectivity index (χ1) is 14.6. The molecule has 2 aromatic carbocycles. The van der Waals surface area contributed by atoms with Gasteiger partial charge in [0.1, 0.15) is 17.8 Å². The quantitative estimate of drug-likeness (QED) is 0.532. The van der Waals surface area contributed by atoms with Gasteiger partial charge in [-0.3, -0.25) is 19.3 Å². The standard InChI is InChI=1S/C22H25N3O6/c1-22(2)20(28)25(21(29)23-22)12-19(27)31-13-18(26)24(3)11-14-5-6-16-10-17(30-4)8-7-15(16)9-14/h5-10H,11-13H2,1-4H3,(H,23,29). The molecule has 31 heavy (non-hydrogen) atoms. The summed E-state index contributed by atoms with van der Waals surface area (Å²) in [6, 6.07) is 10.9. The smallest absolute Gasteiger partial charge is 0.326 e. The van der Waals surface area contributed by atoms with Crippen LogP contribution in [0.25, 0.3) is 10.8 Å². The second-order valence-electron chi connectivity index (χ2n) is 7.90. The minimum atomic E-state index is -1.07. The van der Waals surface area contributed by atoms with E-state index in [-0.39, 0.29) is 0 Å². The number of urea groups is 1. The molecule has 164 valence electrons. The third kappa shape index (κ3) is 4.93. The zero-order valence-electron chi connectivity index (χ0n) is 17.9. The highest BCUT2D eigenvalue weighted by Crippen LogP contribution is 2.22. The van der Waals surface area contributed by atoms with Crippen molar-refractivity contribution in [3.8, 4) is 5.75 Å². The van der Waals surface area contributed by atoms with Crippen molar-refractivity contribution >= 4 is 34.6 Å². The molecule has 0 aromatic heterocycles. The number of ether oxygens (including phenoxy) is 2. The van der Waals surface area contributed by atoms with E-state index in [1.54, 1.807) is 28.0 Å². The summed E-state index contributed by atoms with van der Waals surface area (Å²) in [7, 11) is 3.22. The Morgan fingerprint density at radius 1 is 1.10 bits per heavy atom. The average Bonchev–Trinajstić information content (AvgIpc) is 2.92. The summed E-state index contributed by atoms with van der Waals surface area (Å²) in [6.07, 6.45) is 0. The molecule has 0 aliphatic carbocycles. The topological polar surface area (TPSA) is 105 Å². The molecule has 9 nitrogen and oxygen atoms in total. The number of imide groups is 1. The number of nitrogens with one attached hydrogen (secondary N) is 1. The van der Waals surface area contributed by atoms with E-state index in [1.165, 1.54) is 4.90 Å². The molecule has 0 unspecified atom stereocenters. The Bertz CT molecular complexity index is 1050. The Kier molecular flexibility index (Phi) is 6.14. The van der Waals surface area contributed by atoms with Gasteiger partial charge in [-0.2, -0.15) is 0 Å². The number of hydrogen-bond acceptors (Lipinski definition) is 6. The summed E-state index contributed by atoms with van der Waals surface area (Å²) in [5.74, 6) is -0.985. The first-order valence-corrected chi connectivity index (χ1v) is 9.71. The van der Waals surface area contributed by atoms with Crippen molar-refractivity contribution in [3.63, 3.8) is 0 Å². The van der Waals surface area contributed by atoms with Gasteiger partial charge in [0.15, 0.2) is 6.61 Å². The highest BCUT2D eigenvalue weighted by molar-refractivity contribution is 6.08. The summed E-state index contributed by atoms with van der Waals surface area (Å²) in [5.41, 5.74) is -0.153. The molecule has 1 N–H and O–H groups in total. The fraction of sp³-hybridized carbons (Fsp3) is 0.364. The number of carbonyl (C=O) groups excluding carboxylic acids is 4. The number of carbonyl (C=O) groups is 4. The largest absolute Gasteiger partial charge is 0.497 e. The number of likely N-dealkylation sites (N-methyl/N-ethyl adjacent to an activating group) is 1. The lowest BCUT2D eigenvalue weighted by Crippen LogP contribution is -2.41. The van der Waals surface area contributed by atoms with Crippen LogP contribution in [0.5, 0.6) is 5.75 Å². The number of amides is 4. The van der Waals surface area contributed by atoms with Gasteiger partial charge in [0.05, 0.1) is 7.11 Å². The molecule has 0 spiro atoms. The fourth-order valence-corrected chi connectivity index (χ4v) is 3.25. The molecule has 0 radical (unpaired) electrons. The number of esters is 1. The molecular weight excluding hydrogens is 402 g/mol. The van der Waals surface area contributed by atoms with E-state index >= 15 is 0 Å². The molecule has 1 aliphatic heterocycles. The predicted molar refractivity (Wildman–Crippen MR) is 112 cm³/mol. The van der Waals surface area contributed by atoms with Gasteiger partial charge >= 0.3 is 12.0 Å². The monoisotopic (exact) mass is 427 g/mol. The summed E-state index contributed by atoms with van der Waals surface area (Å²) >= 11 is 0. The molecule has 0 saturated carbocycles. The zero-order valence-corrected chi connectivity index (χ0v) is 17.9. The molecule has 0 bridgehead atoms. The molecule has 9 heteroatoms. The Labute approximate surface area is 179 Å². The summed E-state index contributed by atoms with van der Waals surface area (Å²) in [6.45, 7) is 2.40. The van der Waals surface area contributed by atoms with Crippen molar-refractivity contribution in [2.24, 2.45) is 0 Å². The van der Waals surface area contributed by atoms with E-state index < -0.39 is 42.5 Å². The van der Waals surface area contributed by atoms with Gasteiger partial charge in [-0.25, -0.2) is 4.79 Å². The van der Waals surface area contributed by atoms with E-state index in [0.717, 1.165) is 27.0 Å². The van der Waals surface area contributed by atoms with E-state index in [9.17, 15) is 19.2 Å². The third-order valence-electron chi connectivity index (χ3n) is 5.05. The van der Waals surface area contributed by atoms with Gasteiger partial charge in [-0.15, -0.1) is 0 Å². The molecule has 0 atom stereocenters. The van der Waals surface area contributed by atoms with Gasteiger partial charge < -0.3 is 19.7 Å². The number of rotatable bonds is 7. The Hall–Kier alpha value is -3.62. The van der Waals surface area contributed by atoms with Gasteiger partial charge in [-0.05, 0) is 48.4 Å².